The molecule has 0 aliphatic carbocycles. The van der Waals surface area contributed by atoms with Crippen LogP contribution in [0.15, 0.2) is 84.2 Å². The second-order valence-electron chi connectivity index (χ2n) is 12.1. The highest BCUT2D eigenvalue weighted by atomic mass is 32.1. The molecule has 1 aliphatic heterocycles. The normalized spacial score (nSPS) is 16.5. The maximum Gasteiger partial charge on any atom is 0.344 e. The molecule has 3 unspecified atom stereocenters. The van der Waals surface area contributed by atoms with E-state index in [0.29, 0.717) is 34.8 Å². The molecule has 250 valence electrons. The quantitative estimate of drug-likeness (QED) is 0.0557. The fraction of sp³-hybridized carbons (Fsp3) is 0.436. The maximum atomic E-state index is 13.2. The van der Waals surface area contributed by atoms with Crippen LogP contribution in [0.25, 0.3) is 20.2 Å². The smallest absolute Gasteiger partial charge is 0.344 e. The van der Waals surface area contributed by atoms with Gasteiger partial charge in [-0.15, -0.1) is 17.9 Å². The highest BCUT2D eigenvalue weighted by molar-refractivity contribution is 7.24. The second-order valence-corrected chi connectivity index (χ2v) is 13.2. The molecule has 2 amide bonds. The predicted molar refractivity (Wildman–Crippen MR) is 191 cm³/mol. The van der Waals surface area contributed by atoms with Crippen LogP contribution in [0.1, 0.15) is 71.6 Å². The van der Waals surface area contributed by atoms with Gasteiger partial charge in [0.15, 0.2) is 12.0 Å². The van der Waals surface area contributed by atoms with Gasteiger partial charge in [-0.3, -0.25) is 19.3 Å². The molecule has 0 N–H and O–H groups in total. The summed E-state index contributed by atoms with van der Waals surface area (Å²) in [5.41, 5.74) is -0.0825. The molecular formula is C39H47NO6S. The number of amides is 2. The Labute approximate surface area is 281 Å². The molecule has 3 atom stereocenters. The standard InChI is InChI=1S/C39H47NO6S/c1-4-7-9-11-14-28(6-3)24-29(15-10-8-5-2)18-19-30-25-36(41)40(39(30)44)22-23-45-37(42)27-46-31-20-21-35-33(26-31)38(43)32-16-12-13-17-34(32)47-35/h6-10,12-13,16-17,20-21,26,28-30H,3-5,11,14-15,18-19,22-25,27H2,1-2H3/b9-7+,10-8-. The fourth-order valence-electron chi connectivity index (χ4n) is 6.10. The highest BCUT2D eigenvalue weighted by Gasteiger charge is 2.38. The Balaban J connectivity index is 1.23. The largest absolute Gasteiger partial charge is 0.482 e. The Hall–Kier alpha value is -4.04. The number of esters is 1. The molecule has 2 aromatic carbocycles. The number of imide groups is 1. The van der Waals surface area contributed by atoms with E-state index in [4.69, 9.17) is 9.47 Å². The summed E-state index contributed by atoms with van der Waals surface area (Å²) < 4.78 is 12.7. The van der Waals surface area contributed by atoms with Gasteiger partial charge in [0.25, 0.3) is 0 Å². The monoisotopic (exact) mass is 657 g/mol. The second kappa shape index (κ2) is 18.3. The van der Waals surface area contributed by atoms with Crippen LogP contribution in [-0.2, 0) is 19.1 Å². The summed E-state index contributed by atoms with van der Waals surface area (Å²) in [4.78, 5) is 52.5. The van der Waals surface area contributed by atoms with Gasteiger partial charge in [-0.25, -0.2) is 4.79 Å². The predicted octanol–water partition coefficient (Wildman–Crippen LogP) is 8.40. The maximum absolute atomic E-state index is 13.2. The molecule has 8 heteroatoms. The van der Waals surface area contributed by atoms with Crippen LogP contribution in [0, 0.1) is 17.8 Å². The number of carbonyl (C=O) groups excluding carboxylic acids is 3. The lowest BCUT2D eigenvalue weighted by atomic mass is 9.84. The topological polar surface area (TPSA) is 90.0 Å². The molecule has 1 saturated heterocycles. The third kappa shape index (κ3) is 10.2. The minimum absolute atomic E-state index is 0.0242. The molecule has 3 aromatic rings. The number of fused-ring (bicyclic) bond motifs is 2. The van der Waals surface area contributed by atoms with Gasteiger partial charge in [0.1, 0.15) is 12.4 Å². The number of ether oxygens (including phenoxy) is 2. The van der Waals surface area contributed by atoms with Gasteiger partial charge in [0.2, 0.25) is 11.8 Å². The molecule has 1 aromatic heterocycles. The first-order valence-electron chi connectivity index (χ1n) is 16.8. The van der Waals surface area contributed by atoms with Gasteiger partial charge in [0.05, 0.1) is 6.54 Å². The lowest BCUT2D eigenvalue weighted by Gasteiger charge is -2.21. The Kier molecular flexibility index (Phi) is 14.0. The SMILES string of the molecule is C=CC(CC/C=C/CC)CC(C/C=C\CC)CCC1CC(=O)N(CCOC(=O)COc2ccc3sc4ccccc4c(=O)c3c2)C1=O. The molecule has 1 aliphatic rings. The Morgan fingerprint density at radius 3 is 2.55 bits per heavy atom. The molecule has 0 spiro atoms. The Bertz CT molecular complexity index is 1660. The van der Waals surface area contributed by atoms with Crippen molar-refractivity contribution in [2.24, 2.45) is 17.8 Å². The van der Waals surface area contributed by atoms with E-state index in [-0.39, 0.29) is 49.3 Å². The van der Waals surface area contributed by atoms with E-state index in [1.54, 1.807) is 18.2 Å². The van der Waals surface area contributed by atoms with E-state index in [9.17, 15) is 19.2 Å². The number of hydrogen-bond donors (Lipinski definition) is 0. The molecule has 4 rings (SSSR count). The summed E-state index contributed by atoms with van der Waals surface area (Å²) in [6, 6.07) is 12.6. The summed E-state index contributed by atoms with van der Waals surface area (Å²) in [6.07, 6.45) is 18.7. The summed E-state index contributed by atoms with van der Waals surface area (Å²) >= 11 is 1.52. The number of nitrogens with zero attached hydrogens (tertiary/aromatic N) is 1. The number of benzene rings is 2. The molecule has 47 heavy (non-hydrogen) atoms. The summed E-state index contributed by atoms with van der Waals surface area (Å²) in [6.45, 7) is 7.90. The zero-order valence-corrected chi connectivity index (χ0v) is 28.5. The van der Waals surface area contributed by atoms with Crippen LogP contribution < -0.4 is 10.2 Å². The minimum Gasteiger partial charge on any atom is -0.482 e. The van der Waals surface area contributed by atoms with Crippen molar-refractivity contribution in [2.75, 3.05) is 19.8 Å². The zero-order valence-electron chi connectivity index (χ0n) is 27.7. The molecule has 1 fully saturated rings. The van der Waals surface area contributed by atoms with Crippen LogP contribution in [0.2, 0.25) is 0 Å². The van der Waals surface area contributed by atoms with E-state index in [1.165, 1.54) is 16.2 Å². The first-order valence-corrected chi connectivity index (χ1v) is 17.7. The van der Waals surface area contributed by atoms with Gasteiger partial charge in [-0.05, 0) is 93.5 Å². The van der Waals surface area contributed by atoms with Crippen LogP contribution in [0.3, 0.4) is 0 Å². The van der Waals surface area contributed by atoms with E-state index >= 15 is 0 Å². The van der Waals surface area contributed by atoms with Crippen LogP contribution in [0.5, 0.6) is 5.75 Å². The molecule has 2 heterocycles. The summed E-state index contributed by atoms with van der Waals surface area (Å²) in [5.74, 6) is -0.151. The van der Waals surface area contributed by atoms with E-state index in [0.717, 1.165) is 54.3 Å². The first kappa shape index (κ1) is 35.8. The lowest BCUT2D eigenvalue weighted by molar-refractivity contribution is -0.150. The van der Waals surface area contributed by atoms with Crippen molar-refractivity contribution in [2.45, 2.75) is 71.6 Å². The number of hydrogen-bond acceptors (Lipinski definition) is 7. The average molecular weight is 658 g/mol. The Morgan fingerprint density at radius 2 is 1.77 bits per heavy atom. The van der Waals surface area contributed by atoms with Gasteiger partial charge in [0, 0.05) is 32.5 Å². The number of rotatable bonds is 19. The molecule has 0 radical (unpaired) electrons. The zero-order chi connectivity index (χ0) is 33.6. The van der Waals surface area contributed by atoms with Crippen molar-refractivity contribution in [3.05, 3.63) is 89.6 Å². The van der Waals surface area contributed by atoms with Crippen molar-refractivity contribution < 1.29 is 23.9 Å². The number of carbonyl (C=O) groups is 3. The van der Waals surface area contributed by atoms with Gasteiger partial charge in [-0.1, -0.05) is 56.4 Å². The van der Waals surface area contributed by atoms with Crippen LogP contribution >= 0.6 is 11.3 Å². The molecule has 0 bridgehead atoms. The van der Waals surface area contributed by atoms with E-state index in [2.05, 4.69) is 50.8 Å². The van der Waals surface area contributed by atoms with Crippen molar-refractivity contribution >= 4 is 49.3 Å². The van der Waals surface area contributed by atoms with Gasteiger partial charge >= 0.3 is 5.97 Å². The van der Waals surface area contributed by atoms with E-state index in [1.807, 2.05) is 24.3 Å². The minimum atomic E-state index is -0.616. The van der Waals surface area contributed by atoms with Gasteiger partial charge in [-0.2, -0.15) is 0 Å². The molecule has 7 nitrogen and oxygen atoms in total. The first-order chi connectivity index (χ1) is 22.8. The Morgan fingerprint density at radius 1 is 1.00 bits per heavy atom. The summed E-state index contributed by atoms with van der Waals surface area (Å²) in [5, 5.41) is 1.18. The van der Waals surface area contributed by atoms with Crippen molar-refractivity contribution in [1.82, 2.24) is 4.90 Å². The average Bonchev–Trinajstić information content (AvgIpc) is 3.35. The van der Waals surface area contributed by atoms with Crippen molar-refractivity contribution in [1.29, 1.82) is 0 Å². The van der Waals surface area contributed by atoms with Crippen LogP contribution in [0.4, 0.5) is 0 Å². The van der Waals surface area contributed by atoms with E-state index < -0.39 is 5.97 Å². The van der Waals surface area contributed by atoms with Crippen LogP contribution in [-0.4, -0.2) is 42.4 Å². The van der Waals surface area contributed by atoms with Crippen molar-refractivity contribution in [3.8, 4) is 5.75 Å². The van der Waals surface area contributed by atoms with Crippen molar-refractivity contribution in [3.63, 3.8) is 0 Å². The number of likely N-dealkylation sites (tertiary alicyclic amines) is 1. The molecular weight excluding hydrogens is 610 g/mol. The third-order valence-corrected chi connectivity index (χ3v) is 9.84. The summed E-state index contributed by atoms with van der Waals surface area (Å²) in [7, 11) is 0. The lowest BCUT2D eigenvalue weighted by Crippen LogP contribution is -2.34. The fourth-order valence-corrected chi connectivity index (χ4v) is 7.15. The third-order valence-electron chi connectivity index (χ3n) is 8.69. The van der Waals surface area contributed by atoms with Gasteiger partial charge < -0.3 is 9.47 Å². The number of allylic oxidation sites excluding steroid dienone is 5. The molecule has 0 saturated carbocycles. The highest BCUT2D eigenvalue weighted by Crippen LogP contribution is 2.31.